The van der Waals surface area contributed by atoms with E-state index in [0.29, 0.717) is 17.5 Å². The first kappa shape index (κ1) is 18.2. The summed E-state index contributed by atoms with van der Waals surface area (Å²) in [6, 6.07) is 17.6. The van der Waals surface area contributed by atoms with Gasteiger partial charge in [-0.05, 0) is 17.7 Å². The van der Waals surface area contributed by atoms with Gasteiger partial charge in [-0.2, -0.15) is 5.10 Å². The highest BCUT2D eigenvalue weighted by Gasteiger charge is 2.22. The van der Waals surface area contributed by atoms with E-state index in [1.54, 1.807) is 18.4 Å². The number of amides is 1. The number of thioether (sulfide) groups is 1. The fourth-order valence-corrected chi connectivity index (χ4v) is 3.78. The van der Waals surface area contributed by atoms with Crippen molar-refractivity contribution in [3.8, 4) is 11.4 Å². The third-order valence-corrected chi connectivity index (χ3v) is 5.31. The zero-order valence-electron chi connectivity index (χ0n) is 15.4. The van der Waals surface area contributed by atoms with Crippen molar-refractivity contribution in [1.82, 2.24) is 19.8 Å². The third-order valence-electron chi connectivity index (χ3n) is 4.38. The van der Waals surface area contributed by atoms with Crippen LogP contribution >= 0.6 is 11.8 Å². The Kier molecular flexibility index (Phi) is 5.38. The van der Waals surface area contributed by atoms with E-state index in [4.69, 9.17) is 4.74 Å². The summed E-state index contributed by atoms with van der Waals surface area (Å²) in [6.07, 6.45) is 2.38. The molecule has 0 radical (unpaired) electrons. The number of nitrogens with zero attached hydrogens (tertiary/aromatic N) is 5. The smallest absolute Gasteiger partial charge is 0.253 e. The zero-order chi connectivity index (χ0) is 19.3. The molecule has 0 bridgehead atoms. The lowest BCUT2D eigenvalue weighted by atomic mass is 10.1. The normalized spacial score (nSPS) is 13.5. The quantitative estimate of drug-likeness (QED) is 0.602. The van der Waals surface area contributed by atoms with Crippen LogP contribution in [0.1, 0.15) is 12.0 Å². The van der Waals surface area contributed by atoms with Crippen LogP contribution in [0, 0.1) is 0 Å². The number of hydrogen-bond acceptors (Lipinski definition) is 6. The van der Waals surface area contributed by atoms with Crippen LogP contribution in [0.5, 0.6) is 5.75 Å². The topological polar surface area (TPSA) is 72.6 Å². The van der Waals surface area contributed by atoms with Gasteiger partial charge in [-0.1, -0.05) is 54.2 Å². The Hall–Kier alpha value is -3.13. The van der Waals surface area contributed by atoms with Crippen molar-refractivity contribution >= 4 is 23.4 Å². The lowest BCUT2D eigenvalue weighted by molar-refractivity contribution is -0.127. The molecule has 0 fully saturated rings. The van der Waals surface area contributed by atoms with E-state index in [0.717, 1.165) is 23.4 Å². The van der Waals surface area contributed by atoms with Crippen molar-refractivity contribution in [3.05, 3.63) is 66.5 Å². The molecular formula is C20H19N5O2S. The minimum Gasteiger partial charge on any atom is -0.495 e. The molecule has 4 rings (SSSR count). The maximum absolute atomic E-state index is 12.6. The second-order valence-electron chi connectivity index (χ2n) is 6.12. The maximum atomic E-state index is 12.6. The Balaban J connectivity index is 1.44. The number of rotatable bonds is 6. The molecule has 3 aromatic rings. The van der Waals surface area contributed by atoms with Gasteiger partial charge in [-0.3, -0.25) is 9.36 Å². The van der Waals surface area contributed by atoms with Crippen molar-refractivity contribution in [2.24, 2.45) is 5.10 Å². The Labute approximate surface area is 167 Å². The summed E-state index contributed by atoms with van der Waals surface area (Å²) in [5, 5.41) is 14.8. The predicted octanol–water partition coefficient (Wildman–Crippen LogP) is 3.00. The summed E-state index contributed by atoms with van der Waals surface area (Å²) in [7, 11) is 1.62. The minimum absolute atomic E-state index is 0.0505. The Morgan fingerprint density at radius 3 is 2.75 bits per heavy atom. The molecule has 0 unspecified atom stereocenters. The minimum atomic E-state index is -0.0505. The zero-order valence-corrected chi connectivity index (χ0v) is 16.2. The summed E-state index contributed by atoms with van der Waals surface area (Å²) in [5.41, 5.74) is 2.83. The first-order chi connectivity index (χ1) is 13.8. The first-order valence-corrected chi connectivity index (χ1v) is 9.84. The van der Waals surface area contributed by atoms with Gasteiger partial charge in [-0.25, -0.2) is 5.01 Å². The van der Waals surface area contributed by atoms with Crippen LogP contribution in [0.4, 0.5) is 0 Å². The molecule has 142 valence electrons. The monoisotopic (exact) mass is 393 g/mol. The van der Waals surface area contributed by atoms with E-state index in [1.807, 2.05) is 59.2 Å². The van der Waals surface area contributed by atoms with Crippen molar-refractivity contribution in [2.75, 3.05) is 19.4 Å². The van der Waals surface area contributed by atoms with E-state index >= 15 is 0 Å². The van der Waals surface area contributed by atoms with Crippen LogP contribution in [-0.4, -0.2) is 50.8 Å². The molecule has 2 aromatic carbocycles. The number of para-hydroxylation sites is 2. The highest BCUT2D eigenvalue weighted by atomic mass is 32.2. The second-order valence-corrected chi connectivity index (χ2v) is 7.07. The first-order valence-electron chi connectivity index (χ1n) is 8.86. The number of carbonyl (C=O) groups is 1. The van der Waals surface area contributed by atoms with Crippen LogP contribution in [0.15, 0.2) is 71.2 Å². The Bertz CT molecular complexity index is 1000. The van der Waals surface area contributed by atoms with Crippen LogP contribution < -0.4 is 4.74 Å². The number of aromatic nitrogens is 3. The van der Waals surface area contributed by atoms with E-state index in [-0.39, 0.29) is 11.7 Å². The maximum Gasteiger partial charge on any atom is 0.253 e. The largest absolute Gasteiger partial charge is 0.495 e. The fourth-order valence-electron chi connectivity index (χ4n) is 2.99. The van der Waals surface area contributed by atoms with Crippen molar-refractivity contribution in [3.63, 3.8) is 0 Å². The van der Waals surface area contributed by atoms with E-state index < -0.39 is 0 Å². The number of methoxy groups -OCH3 is 1. The molecule has 8 heteroatoms. The molecule has 0 spiro atoms. The molecule has 28 heavy (non-hydrogen) atoms. The highest BCUT2D eigenvalue weighted by Crippen LogP contribution is 2.27. The number of carbonyl (C=O) groups excluding carboxylic acids is 1. The number of hydrogen-bond donors (Lipinski definition) is 0. The standard InChI is InChI=1S/C20H19N5O2S/c1-27-18-10-6-5-9-17(18)24-14-21-22-20(24)28-13-19(26)25-12-11-16(23-25)15-7-3-2-4-8-15/h2-10,14H,11-13H2,1H3. The van der Waals surface area contributed by atoms with Gasteiger partial charge >= 0.3 is 0 Å². The van der Waals surface area contributed by atoms with Gasteiger partial charge in [0.05, 0.1) is 30.8 Å². The molecule has 1 amide bonds. The molecule has 0 aliphatic carbocycles. The van der Waals surface area contributed by atoms with Crippen molar-refractivity contribution in [1.29, 1.82) is 0 Å². The van der Waals surface area contributed by atoms with Crippen molar-refractivity contribution in [2.45, 2.75) is 11.6 Å². The Morgan fingerprint density at radius 1 is 1.14 bits per heavy atom. The molecule has 1 aliphatic heterocycles. The van der Waals surface area contributed by atoms with Crippen LogP contribution in [0.3, 0.4) is 0 Å². The molecule has 1 aromatic heterocycles. The predicted molar refractivity (Wildman–Crippen MR) is 108 cm³/mol. The molecule has 2 heterocycles. The molecule has 0 N–H and O–H groups in total. The van der Waals surface area contributed by atoms with Crippen LogP contribution in [0.2, 0.25) is 0 Å². The van der Waals surface area contributed by atoms with E-state index in [9.17, 15) is 4.79 Å². The highest BCUT2D eigenvalue weighted by molar-refractivity contribution is 7.99. The summed E-state index contributed by atoms with van der Waals surface area (Å²) >= 11 is 1.33. The van der Waals surface area contributed by atoms with Gasteiger partial charge in [0.1, 0.15) is 12.1 Å². The van der Waals surface area contributed by atoms with Gasteiger partial charge in [0.15, 0.2) is 5.16 Å². The number of ether oxygens (including phenoxy) is 1. The average Bonchev–Trinajstić information content (AvgIpc) is 3.42. The van der Waals surface area contributed by atoms with E-state index in [2.05, 4.69) is 15.3 Å². The van der Waals surface area contributed by atoms with Crippen LogP contribution in [-0.2, 0) is 4.79 Å². The van der Waals surface area contributed by atoms with Gasteiger partial charge in [0.2, 0.25) is 0 Å². The molecule has 0 saturated carbocycles. The van der Waals surface area contributed by atoms with Crippen LogP contribution in [0.25, 0.3) is 5.69 Å². The van der Waals surface area contributed by atoms with Gasteiger partial charge in [-0.15, -0.1) is 10.2 Å². The van der Waals surface area contributed by atoms with Gasteiger partial charge < -0.3 is 4.74 Å². The number of hydrazone groups is 1. The lowest BCUT2D eigenvalue weighted by Gasteiger charge is -2.12. The lowest BCUT2D eigenvalue weighted by Crippen LogP contribution is -2.25. The fraction of sp³-hybridized carbons (Fsp3) is 0.200. The molecular weight excluding hydrogens is 374 g/mol. The third kappa shape index (κ3) is 3.77. The summed E-state index contributed by atoms with van der Waals surface area (Å²) in [4.78, 5) is 12.6. The molecule has 1 aliphatic rings. The molecule has 0 saturated heterocycles. The number of benzene rings is 2. The van der Waals surface area contributed by atoms with Crippen molar-refractivity contribution < 1.29 is 9.53 Å². The average molecular weight is 393 g/mol. The summed E-state index contributed by atoms with van der Waals surface area (Å²) in [6.45, 7) is 0.600. The Morgan fingerprint density at radius 2 is 1.93 bits per heavy atom. The second kappa shape index (κ2) is 8.26. The molecule has 0 atom stereocenters. The summed E-state index contributed by atoms with van der Waals surface area (Å²) < 4.78 is 7.23. The van der Waals surface area contributed by atoms with E-state index in [1.165, 1.54) is 11.8 Å². The summed E-state index contributed by atoms with van der Waals surface area (Å²) in [5.74, 6) is 0.900. The molecule has 7 nitrogen and oxygen atoms in total. The van der Waals surface area contributed by atoms with Gasteiger partial charge in [0.25, 0.3) is 5.91 Å². The van der Waals surface area contributed by atoms with Gasteiger partial charge in [0, 0.05) is 6.42 Å². The SMILES string of the molecule is COc1ccccc1-n1cnnc1SCC(=O)N1CCC(c2ccccc2)=N1.